The van der Waals surface area contributed by atoms with E-state index in [1.54, 1.807) is 4.90 Å². The lowest BCUT2D eigenvalue weighted by Gasteiger charge is -2.42. The van der Waals surface area contributed by atoms with Crippen LogP contribution in [0.5, 0.6) is 0 Å². The molecule has 1 aliphatic rings. The average Bonchev–Trinajstić information content (AvgIpc) is 2.51. The second-order valence-corrected chi connectivity index (χ2v) is 6.52. The highest BCUT2D eigenvalue weighted by Crippen LogP contribution is 2.37. The number of piperidine rings is 1. The van der Waals surface area contributed by atoms with Gasteiger partial charge in [-0.2, -0.15) is 13.2 Å². The molecule has 0 spiro atoms. The predicted octanol–water partition coefficient (Wildman–Crippen LogP) is 3.28. The normalized spacial score (nSPS) is 25.1. The molecule has 1 aromatic rings. The van der Waals surface area contributed by atoms with Crippen molar-refractivity contribution in [3.05, 3.63) is 35.1 Å². The van der Waals surface area contributed by atoms with Crippen LogP contribution >= 0.6 is 0 Å². The molecule has 1 aromatic carbocycles. The van der Waals surface area contributed by atoms with E-state index in [1.165, 1.54) is 0 Å². The SMILES string of the molecule is CCC[C@]1(C(=O)O)CCN(Cc2ccc(C(F)(F)F)cc2F)C[C@@H]1O. The van der Waals surface area contributed by atoms with Crippen molar-refractivity contribution in [1.29, 1.82) is 0 Å². The van der Waals surface area contributed by atoms with Gasteiger partial charge in [-0.3, -0.25) is 9.69 Å². The molecule has 1 fully saturated rings. The van der Waals surface area contributed by atoms with E-state index in [9.17, 15) is 32.6 Å². The van der Waals surface area contributed by atoms with Gasteiger partial charge < -0.3 is 10.2 Å². The van der Waals surface area contributed by atoms with Crippen molar-refractivity contribution in [2.45, 2.75) is 45.0 Å². The van der Waals surface area contributed by atoms with Gasteiger partial charge in [0.05, 0.1) is 17.1 Å². The minimum Gasteiger partial charge on any atom is -0.481 e. The zero-order valence-corrected chi connectivity index (χ0v) is 13.8. The number of hydrogen-bond donors (Lipinski definition) is 2. The maximum absolute atomic E-state index is 14.0. The molecule has 2 atom stereocenters. The zero-order valence-electron chi connectivity index (χ0n) is 13.8. The van der Waals surface area contributed by atoms with Gasteiger partial charge in [0.25, 0.3) is 0 Å². The summed E-state index contributed by atoms with van der Waals surface area (Å²) in [7, 11) is 0. The van der Waals surface area contributed by atoms with Crippen LogP contribution in [0.2, 0.25) is 0 Å². The van der Waals surface area contributed by atoms with E-state index < -0.39 is 35.0 Å². The van der Waals surface area contributed by atoms with Crippen LogP contribution < -0.4 is 0 Å². The summed E-state index contributed by atoms with van der Waals surface area (Å²) in [4.78, 5) is 13.2. The molecule has 2 rings (SSSR count). The van der Waals surface area contributed by atoms with Crippen molar-refractivity contribution < 1.29 is 32.6 Å². The van der Waals surface area contributed by atoms with Crippen LogP contribution in [-0.2, 0) is 17.5 Å². The quantitative estimate of drug-likeness (QED) is 0.789. The number of aliphatic hydroxyl groups is 1. The van der Waals surface area contributed by atoms with E-state index in [0.29, 0.717) is 25.5 Å². The first-order valence-electron chi connectivity index (χ1n) is 8.09. The Morgan fingerprint density at radius 3 is 2.56 bits per heavy atom. The van der Waals surface area contributed by atoms with Gasteiger partial charge in [0.15, 0.2) is 0 Å². The van der Waals surface area contributed by atoms with Crippen LogP contribution in [0.15, 0.2) is 18.2 Å². The average molecular weight is 363 g/mol. The first kappa shape index (κ1) is 19.7. The number of aliphatic hydroxyl groups excluding tert-OH is 1. The minimum atomic E-state index is -4.61. The van der Waals surface area contributed by atoms with Gasteiger partial charge >= 0.3 is 12.1 Å². The van der Waals surface area contributed by atoms with Crippen LogP contribution in [0.1, 0.15) is 37.3 Å². The Morgan fingerprint density at radius 2 is 2.08 bits per heavy atom. The highest BCUT2D eigenvalue weighted by molar-refractivity contribution is 5.75. The lowest BCUT2D eigenvalue weighted by atomic mass is 9.73. The summed E-state index contributed by atoms with van der Waals surface area (Å²) in [6, 6.07) is 2.35. The van der Waals surface area contributed by atoms with Gasteiger partial charge in [-0.25, -0.2) is 4.39 Å². The molecule has 0 aromatic heterocycles. The summed E-state index contributed by atoms with van der Waals surface area (Å²) in [6.07, 6.45) is -4.57. The standard InChI is InChI=1S/C17H21F4NO3/c1-2-5-16(15(24)25)6-7-22(10-14(16)23)9-11-3-4-12(8-13(11)18)17(19,20)21/h3-4,8,14,23H,2,5-7,9-10H2,1H3,(H,24,25)/t14-,16-/m0/s1. The van der Waals surface area contributed by atoms with Crippen molar-refractivity contribution in [1.82, 2.24) is 4.90 Å². The molecule has 0 aliphatic carbocycles. The maximum atomic E-state index is 14.0. The molecular weight excluding hydrogens is 342 g/mol. The summed E-state index contributed by atoms with van der Waals surface area (Å²) < 4.78 is 51.7. The summed E-state index contributed by atoms with van der Waals surface area (Å²) in [5, 5.41) is 19.8. The third-order valence-corrected chi connectivity index (χ3v) is 4.84. The van der Waals surface area contributed by atoms with Crippen LogP contribution in [0.3, 0.4) is 0 Å². The fourth-order valence-electron chi connectivity index (χ4n) is 3.37. The number of halogens is 4. The molecule has 1 aliphatic heterocycles. The molecule has 1 saturated heterocycles. The van der Waals surface area contributed by atoms with E-state index in [4.69, 9.17) is 0 Å². The molecule has 8 heteroatoms. The Labute approximate surface area is 143 Å². The highest BCUT2D eigenvalue weighted by Gasteiger charge is 2.47. The lowest BCUT2D eigenvalue weighted by molar-refractivity contribution is -0.164. The van der Waals surface area contributed by atoms with Gasteiger partial charge in [0, 0.05) is 18.7 Å². The van der Waals surface area contributed by atoms with Gasteiger partial charge in [-0.05, 0) is 31.5 Å². The molecule has 1 heterocycles. The molecule has 0 amide bonds. The molecule has 25 heavy (non-hydrogen) atoms. The Hall–Kier alpha value is -1.67. The number of hydrogen-bond acceptors (Lipinski definition) is 3. The first-order chi connectivity index (χ1) is 11.6. The van der Waals surface area contributed by atoms with Crippen molar-refractivity contribution in [2.24, 2.45) is 5.41 Å². The first-order valence-corrected chi connectivity index (χ1v) is 8.09. The fourth-order valence-corrected chi connectivity index (χ4v) is 3.37. The lowest BCUT2D eigenvalue weighted by Crippen LogP contribution is -2.54. The Balaban J connectivity index is 2.10. The number of nitrogens with zero attached hydrogens (tertiary/aromatic N) is 1. The monoisotopic (exact) mass is 363 g/mol. The van der Waals surface area contributed by atoms with Crippen LogP contribution in [-0.4, -0.2) is 40.3 Å². The van der Waals surface area contributed by atoms with Crippen molar-refractivity contribution in [3.63, 3.8) is 0 Å². The summed E-state index contributed by atoms with van der Waals surface area (Å²) >= 11 is 0. The van der Waals surface area contributed by atoms with E-state index in [0.717, 1.165) is 12.1 Å². The Kier molecular flexibility index (Phi) is 5.73. The number of β-amino-alcohol motifs (C(OH)–C–C–N with tert-alkyl or cyclic N) is 1. The number of likely N-dealkylation sites (tertiary alicyclic amines) is 1. The van der Waals surface area contributed by atoms with Gasteiger partial charge in [0.1, 0.15) is 5.82 Å². The Morgan fingerprint density at radius 1 is 1.40 bits per heavy atom. The van der Waals surface area contributed by atoms with Crippen molar-refractivity contribution >= 4 is 5.97 Å². The fraction of sp³-hybridized carbons (Fsp3) is 0.588. The number of carbonyl (C=O) groups is 1. The van der Waals surface area contributed by atoms with Crippen LogP contribution in [0.25, 0.3) is 0 Å². The predicted molar refractivity (Wildman–Crippen MR) is 82.3 cm³/mol. The number of alkyl halides is 3. The number of benzene rings is 1. The van der Waals surface area contributed by atoms with E-state index in [1.807, 2.05) is 6.92 Å². The summed E-state index contributed by atoms with van der Waals surface area (Å²) in [5.74, 6) is -2.02. The number of carboxylic acids is 1. The van der Waals surface area contributed by atoms with E-state index in [2.05, 4.69) is 0 Å². The van der Waals surface area contributed by atoms with Crippen molar-refractivity contribution in [2.75, 3.05) is 13.1 Å². The largest absolute Gasteiger partial charge is 0.481 e. The number of rotatable bonds is 5. The minimum absolute atomic E-state index is 0.0167. The summed E-state index contributed by atoms with van der Waals surface area (Å²) in [5.41, 5.74) is -2.19. The third kappa shape index (κ3) is 4.12. The molecule has 140 valence electrons. The van der Waals surface area contributed by atoms with E-state index >= 15 is 0 Å². The van der Waals surface area contributed by atoms with Gasteiger partial charge in [0.2, 0.25) is 0 Å². The third-order valence-electron chi connectivity index (χ3n) is 4.84. The number of carboxylic acid groups (broad SMARTS) is 1. The molecule has 0 bridgehead atoms. The number of aliphatic carboxylic acids is 1. The van der Waals surface area contributed by atoms with Crippen molar-refractivity contribution in [3.8, 4) is 0 Å². The smallest absolute Gasteiger partial charge is 0.416 e. The maximum Gasteiger partial charge on any atom is 0.416 e. The second-order valence-electron chi connectivity index (χ2n) is 6.52. The van der Waals surface area contributed by atoms with E-state index in [-0.39, 0.29) is 25.1 Å². The molecule has 2 N–H and O–H groups in total. The topological polar surface area (TPSA) is 60.8 Å². The molecular formula is C17H21F4NO3. The molecule has 0 unspecified atom stereocenters. The molecule has 0 saturated carbocycles. The second kappa shape index (κ2) is 7.29. The Bertz CT molecular complexity index is 635. The van der Waals surface area contributed by atoms with Crippen LogP contribution in [0.4, 0.5) is 17.6 Å². The zero-order chi connectivity index (χ0) is 18.8. The van der Waals surface area contributed by atoms with Crippen LogP contribution in [0, 0.1) is 11.2 Å². The van der Waals surface area contributed by atoms with Gasteiger partial charge in [-0.1, -0.05) is 19.4 Å². The molecule has 4 nitrogen and oxygen atoms in total. The highest BCUT2D eigenvalue weighted by atomic mass is 19.4. The van der Waals surface area contributed by atoms with Gasteiger partial charge in [-0.15, -0.1) is 0 Å². The summed E-state index contributed by atoms with van der Waals surface area (Å²) in [6.45, 7) is 2.21. The molecule has 0 radical (unpaired) electrons.